The van der Waals surface area contributed by atoms with Crippen molar-refractivity contribution < 1.29 is 4.74 Å². The second kappa shape index (κ2) is 5.99. The van der Waals surface area contributed by atoms with Crippen molar-refractivity contribution in [2.24, 2.45) is 0 Å². The van der Waals surface area contributed by atoms with E-state index >= 15 is 0 Å². The van der Waals surface area contributed by atoms with Crippen LogP contribution in [0, 0.1) is 0 Å². The van der Waals surface area contributed by atoms with Crippen LogP contribution in [0.4, 0.5) is 0 Å². The van der Waals surface area contributed by atoms with Crippen molar-refractivity contribution in [3.8, 4) is 5.75 Å². The molecule has 0 aromatic heterocycles. The molecule has 0 heterocycles. The molecular formula is C12H18ClNO. The van der Waals surface area contributed by atoms with Gasteiger partial charge in [0.1, 0.15) is 5.75 Å². The van der Waals surface area contributed by atoms with E-state index in [0.29, 0.717) is 0 Å². The van der Waals surface area contributed by atoms with Gasteiger partial charge >= 0.3 is 0 Å². The number of hydrogen-bond donors (Lipinski definition) is 1. The van der Waals surface area contributed by atoms with Crippen LogP contribution >= 0.6 is 12.4 Å². The number of nitrogens with one attached hydrogen (secondary N) is 1. The second-order valence-corrected chi connectivity index (χ2v) is 3.70. The standard InChI is InChI=1S/C12H17NO.ClH/c1-2-14-12-6-4-3-5-10(12)9-13-11-7-8-11;/h3-6,11,13H,2,7-9H2,1H3;1H. The summed E-state index contributed by atoms with van der Waals surface area (Å²) >= 11 is 0. The van der Waals surface area contributed by atoms with Gasteiger partial charge in [-0.3, -0.25) is 0 Å². The predicted octanol–water partition coefficient (Wildman–Crippen LogP) is 2.76. The minimum absolute atomic E-state index is 0. The normalized spacial score (nSPS) is 14.5. The maximum Gasteiger partial charge on any atom is 0.123 e. The van der Waals surface area contributed by atoms with E-state index in [1.165, 1.54) is 18.4 Å². The summed E-state index contributed by atoms with van der Waals surface area (Å²) in [5.41, 5.74) is 1.27. The molecule has 1 aliphatic rings. The van der Waals surface area contributed by atoms with Gasteiger partial charge < -0.3 is 10.1 Å². The molecular weight excluding hydrogens is 210 g/mol. The lowest BCUT2D eigenvalue weighted by Crippen LogP contribution is -2.16. The summed E-state index contributed by atoms with van der Waals surface area (Å²) in [6.07, 6.45) is 2.66. The van der Waals surface area contributed by atoms with Crippen molar-refractivity contribution in [3.05, 3.63) is 29.8 Å². The highest BCUT2D eigenvalue weighted by Crippen LogP contribution is 2.22. The maximum atomic E-state index is 5.55. The number of hydrogen-bond acceptors (Lipinski definition) is 2. The van der Waals surface area contributed by atoms with E-state index in [2.05, 4.69) is 17.4 Å². The molecule has 3 heteroatoms. The first kappa shape index (κ1) is 12.3. The zero-order valence-electron chi connectivity index (χ0n) is 9.03. The van der Waals surface area contributed by atoms with E-state index in [0.717, 1.165) is 24.9 Å². The molecule has 1 aromatic rings. The molecule has 0 unspecified atom stereocenters. The molecule has 2 nitrogen and oxygen atoms in total. The van der Waals surface area contributed by atoms with Gasteiger partial charge in [0.25, 0.3) is 0 Å². The molecule has 1 saturated carbocycles. The van der Waals surface area contributed by atoms with Crippen LogP contribution in [-0.2, 0) is 6.54 Å². The van der Waals surface area contributed by atoms with Crippen molar-refractivity contribution in [1.29, 1.82) is 0 Å². The third-order valence-corrected chi connectivity index (χ3v) is 2.43. The quantitative estimate of drug-likeness (QED) is 0.835. The molecule has 1 N–H and O–H groups in total. The number of halogens is 1. The number of para-hydroxylation sites is 1. The van der Waals surface area contributed by atoms with Crippen LogP contribution in [0.15, 0.2) is 24.3 Å². The molecule has 0 aliphatic heterocycles. The predicted molar refractivity (Wildman–Crippen MR) is 64.7 cm³/mol. The smallest absolute Gasteiger partial charge is 0.123 e. The Kier molecular flexibility index (Phi) is 4.92. The lowest BCUT2D eigenvalue weighted by atomic mass is 10.2. The van der Waals surface area contributed by atoms with Crippen LogP contribution in [-0.4, -0.2) is 12.6 Å². The average Bonchev–Trinajstić information content (AvgIpc) is 3.01. The van der Waals surface area contributed by atoms with E-state index in [-0.39, 0.29) is 12.4 Å². The highest BCUT2D eigenvalue weighted by atomic mass is 35.5. The highest BCUT2D eigenvalue weighted by molar-refractivity contribution is 5.85. The fourth-order valence-corrected chi connectivity index (χ4v) is 1.49. The van der Waals surface area contributed by atoms with Gasteiger partial charge in [-0.25, -0.2) is 0 Å². The lowest BCUT2D eigenvalue weighted by molar-refractivity contribution is 0.335. The van der Waals surface area contributed by atoms with Crippen molar-refractivity contribution in [2.75, 3.05) is 6.61 Å². The van der Waals surface area contributed by atoms with E-state index in [1.807, 2.05) is 19.1 Å². The monoisotopic (exact) mass is 227 g/mol. The maximum absolute atomic E-state index is 5.55. The zero-order valence-corrected chi connectivity index (χ0v) is 9.85. The van der Waals surface area contributed by atoms with Gasteiger partial charge in [0.2, 0.25) is 0 Å². The van der Waals surface area contributed by atoms with Gasteiger partial charge in [-0.2, -0.15) is 0 Å². The largest absolute Gasteiger partial charge is 0.494 e. The summed E-state index contributed by atoms with van der Waals surface area (Å²) in [7, 11) is 0. The van der Waals surface area contributed by atoms with Crippen LogP contribution in [0.25, 0.3) is 0 Å². The Hall–Kier alpha value is -0.730. The first-order valence-electron chi connectivity index (χ1n) is 5.34. The van der Waals surface area contributed by atoms with E-state index in [1.54, 1.807) is 0 Å². The molecule has 1 aromatic carbocycles. The van der Waals surface area contributed by atoms with Crippen molar-refractivity contribution in [2.45, 2.75) is 32.4 Å². The Morgan fingerprint density at radius 1 is 1.33 bits per heavy atom. The summed E-state index contributed by atoms with van der Waals surface area (Å²) in [4.78, 5) is 0. The topological polar surface area (TPSA) is 21.3 Å². The molecule has 0 atom stereocenters. The average molecular weight is 228 g/mol. The Labute approximate surface area is 97.4 Å². The highest BCUT2D eigenvalue weighted by Gasteiger charge is 2.20. The van der Waals surface area contributed by atoms with Crippen molar-refractivity contribution in [3.63, 3.8) is 0 Å². The molecule has 1 fully saturated rings. The van der Waals surface area contributed by atoms with Gasteiger partial charge in [0, 0.05) is 18.2 Å². The van der Waals surface area contributed by atoms with Crippen LogP contribution in [0.2, 0.25) is 0 Å². The summed E-state index contributed by atoms with van der Waals surface area (Å²) in [6, 6.07) is 9.00. The molecule has 2 rings (SSSR count). The first-order valence-corrected chi connectivity index (χ1v) is 5.34. The Morgan fingerprint density at radius 2 is 2.07 bits per heavy atom. The zero-order chi connectivity index (χ0) is 9.80. The van der Waals surface area contributed by atoms with Gasteiger partial charge in [0.15, 0.2) is 0 Å². The van der Waals surface area contributed by atoms with E-state index < -0.39 is 0 Å². The summed E-state index contributed by atoms with van der Waals surface area (Å²) in [5.74, 6) is 1.02. The number of benzene rings is 1. The van der Waals surface area contributed by atoms with Crippen LogP contribution in [0.1, 0.15) is 25.3 Å². The first-order chi connectivity index (χ1) is 6.90. The molecule has 0 radical (unpaired) electrons. The van der Waals surface area contributed by atoms with Gasteiger partial charge in [-0.1, -0.05) is 18.2 Å². The van der Waals surface area contributed by atoms with Gasteiger partial charge in [-0.05, 0) is 25.8 Å². The SMILES string of the molecule is CCOc1ccccc1CNC1CC1.Cl. The minimum atomic E-state index is 0. The lowest BCUT2D eigenvalue weighted by Gasteiger charge is -2.10. The van der Waals surface area contributed by atoms with Crippen molar-refractivity contribution >= 4 is 12.4 Å². The Morgan fingerprint density at radius 3 is 2.73 bits per heavy atom. The van der Waals surface area contributed by atoms with Crippen LogP contribution in [0.3, 0.4) is 0 Å². The molecule has 84 valence electrons. The van der Waals surface area contributed by atoms with Gasteiger partial charge in [-0.15, -0.1) is 12.4 Å². The van der Waals surface area contributed by atoms with Crippen LogP contribution < -0.4 is 10.1 Å². The van der Waals surface area contributed by atoms with Crippen molar-refractivity contribution in [1.82, 2.24) is 5.32 Å². The summed E-state index contributed by atoms with van der Waals surface area (Å²) in [6.45, 7) is 3.69. The molecule has 15 heavy (non-hydrogen) atoms. The minimum Gasteiger partial charge on any atom is -0.494 e. The van der Waals surface area contributed by atoms with Gasteiger partial charge in [0.05, 0.1) is 6.61 Å². The van der Waals surface area contributed by atoms with E-state index in [9.17, 15) is 0 Å². The number of rotatable bonds is 5. The molecule has 1 aliphatic carbocycles. The summed E-state index contributed by atoms with van der Waals surface area (Å²) in [5, 5.41) is 3.49. The fraction of sp³-hybridized carbons (Fsp3) is 0.500. The molecule has 0 saturated heterocycles. The third kappa shape index (κ3) is 3.73. The van der Waals surface area contributed by atoms with E-state index in [4.69, 9.17) is 4.74 Å². The molecule has 0 spiro atoms. The number of ether oxygens (including phenoxy) is 1. The third-order valence-electron chi connectivity index (χ3n) is 2.43. The Balaban J connectivity index is 0.00000112. The summed E-state index contributed by atoms with van der Waals surface area (Å²) < 4.78 is 5.55. The Bertz CT molecular complexity index is 299. The van der Waals surface area contributed by atoms with Crippen LogP contribution in [0.5, 0.6) is 5.75 Å². The molecule has 0 amide bonds. The molecule has 0 bridgehead atoms. The second-order valence-electron chi connectivity index (χ2n) is 3.70. The fourth-order valence-electron chi connectivity index (χ4n) is 1.49.